The SMILES string of the molecule is O=C(Cc1ccc(F)cc1)NC1CCCCC1Br. The predicted molar refractivity (Wildman–Crippen MR) is 73.2 cm³/mol. The van der Waals surface area contributed by atoms with Gasteiger partial charge in [-0.15, -0.1) is 0 Å². The van der Waals surface area contributed by atoms with Crippen molar-refractivity contribution in [3.63, 3.8) is 0 Å². The summed E-state index contributed by atoms with van der Waals surface area (Å²) >= 11 is 3.61. The lowest BCUT2D eigenvalue weighted by atomic mass is 9.95. The van der Waals surface area contributed by atoms with Gasteiger partial charge in [0.05, 0.1) is 6.42 Å². The lowest BCUT2D eigenvalue weighted by Gasteiger charge is -2.28. The van der Waals surface area contributed by atoms with Crippen LogP contribution in [0.1, 0.15) is 31.2 Å². The summed E-state index contributed by atoms with van der Waals surface area (Å²) < 4.78 is 12.7. The Kier molecular flexibility index (Phi) is 4.75. The zero-order chi connectivity index (χ0) is 13.0. The molecule has 4 heteroatoms. The molecule has 0 aliphatic heterocycles. The van der Waals surface area contributed by atoms with Gasteiger partial charge in [-0.25, -0.2) is 4.39 Å². The van der Waals surface area contributed by atoms with Crippen molar-refractivity contribution >= 4 is 21.8 Å². The number of halogens is 2. The van der Waals surface area contributed by atoms with Crippen LogP contribution in [-0.4, -0.2) is 16.8 Å². The molecule has 1 aliphatic rings. The van der Waals surface area contributed by atoms with E-state index >= 15 is 0 Å². The maximum Gasteiger partial charge on any atom is 0.224 e. The molecule has 1 fully saturated rings. The molecule has 0 heterocycles. The van der Waals surface area contributed by atoms with Crippen LogP contribution in [0.4, 0.5) is 4.39 Å². The molecule has 2 atom stereocenters. The highest BCUT2D eigenvalue weighted by atomic mass is 79.9. The van der Waals surface area contributed by atoms with Crippen molar-refractivity contribution in [1.82, 2.24) is 5.32 Å². The molecule has 18 heavy (non-hydrogen) atoms. The van der Waals surface area contributed by atoms with Gasteiger partial charge in [-0.05, 0) is 30.5 Å². The lowest BCUT2D eigenvalue weighted by molar-refractivity contribution is -0.121. The predicted octanol–water partition coefficient (Wildman–Crippen LogP) is 3.19. The first-order chi connectivity index (χ1) is 8.65. The largest absolute Gasteiger partial charge is 0.352 e. The zero-order valence-corrected chi connectivity index (χ0v) is 11.7. The van der Waals surface area contributed by atoms with E-state index in [9.17, 15) is 9.18 Å². The Morgan fingerprint density at radius 3 is 2.61 bits per heavy atom. The Bertz CT molecular complexity index is 407. The summed E-state index contributed by atoms with van der Waals surface area (Å²) in [4.78, 5) is 12.3. The second-order valence-electron chi connectivity index (χ2n) is 4.78. The average molecular weight is 314 g/mol. The van der Waals surface area contributed by atoms with Gasteiger partial charge >= 0.3 is 0 Å². The second kappa shape index (κ2) is 6.32. The van der Waals surface area contributed by atoms with Crippen LogP contribution in [0.3, 0.4) is 0 Å². The summed E-state index contributed by atoms with van der Waals surface area (Å²) in [6.45, 7) is 0. The molecule has 0 spiro atoms. The third-order valence-electron chi connectivity index (χ3n) is 3.31. The van der Waals surface area contributed by atoms with Crippen LogP contribution < -0.4 is 5.32 Å². The monoisotopic (exact) mass is 313 g/mol. The summed E-state index contributed by atoms with van der Waals surface area (Å²) in [5, 5.41) is 3.05. The van der Waals surface area contributed by atoms with E-state index in [0.717, 1.165) is 18.4 Å². The molecule has 2 unspecified atom stereocenters. The minimum atomic E-state index is -0.271. The molecule has 0 bridgehead atoms. The van der Waals surface area contributed by atoms with Crippen LogP contribution in [0, 0.1) is 5.82 Å². The number of hydrogen-bond donors (Lipinski definition) is 1. The first-order valence-corrected chi connectivity index (χ1v) is 7.24. The van der Waals surface area contributed by atoms with E-state index in [1.807, 2.05) is 0 Å². The fourth-order valence-corrected chi connectivity index (χ4v) is 3.01. The van der Waals surface area contributed by atoms with Gasteiger partial charge in [0.15, 0.2) is 0 Å². The zero-order valence-electron chi connectivity index (χ0n) is 10.2. The summed E-state index contributed by atoms with van der Waals surface area (Å²) in [6, 6.07) is 6.31. The first kappa shape index (κ1) is 13.5. The van der Waals surface area contributed by atoms with Gasteiger partial charge < -0.3 is 5.32 Å². The van der Waals surface area contributed by atoms with Crippen LogP contribution in [-0.2, 0) is 11.2 Å². The Balaban J connectivity index is 1.86. The Morgan fingerprint density at radius 2 is 1.94 bits per heavy atom. The molecule has 2 rings (SSSR count). The fraction of sp³-hybridized carbons (Fsp3) is 0.500. The molecular formula is C14H17BrFNO. The molecule has 0 saturated heterocycles. The Labute approximate surface area is 115 Å². The molecule has 0 aromatic heterocycles. The molecular weight excluding hydrogens is 297 g/mol. The van der Waals surface area contributed by atoms with Gasteiger partial charge in [-0.2, -0.15) is 0 Å². The van der Waals surface area contributed by atoms with Crippen molar-refractivity contribution in [2.24, 2.45) is 0 Å². The number of nitrogens with one attached hydrogen (secondary N) is 1. The topological polar surface area (TPSA) is 29.1 Å². The molecule has 2 nitrogen and oxygen atoms in total. The van der Waals surface area contributed by atoms with Crippen molar-refractivity contribution in [2.75, 3.05) is 0 Å². The standard InChI is InChI=1S/C14H17BrFNO/c15-12-3-1-2-4-13(12)17-14(18)9-10-5-7-11(16)8-6-10/h5-8,12-13H,1-4,9H2,(H,17,18). The van der Waals surface area contributed by atoms with Crippen LogP contribution in [0.25, 0.3) is 0 Å². The van der Waals surface area contributed by atoms with Crippen LogP contribution >= 0.6 is 15.9 Å². The van der Waals surface area contributed by atoms with E-state index < -0.39 is 0 Å². The second-order valence-corrected chi connectivity index (χ2v) is 5.95. The van der Waals surface area contributed by atoms with E-state index in [0.29, 0.717) is 11.2 Å². The quantitative estimate of drug-likeness (QED) is 0.853. The maximum atomic E-state index is 12.7. The fourth-order valence-electron chi connectivity index (χ4n) is 2.29. The number of carbonyl (C=O) groups is 1. The highest BCUT2D eigenvalue weighted by Gasteiger charge is 2.23. The third-order valence-corrected chi connectivity index (χ3v) is 4.40. The molecule has 0 radical (unpaired) electrons. The summed E-state index contributed by atoms with van der Waals surface area (Å²) in [6.07, 6.45) is 4.85. The summed E-state index contributed by atoms with van der Waals surface area (Å²) in [7, 11) is 0. The van der Waals surface area contributed by atoms with Crippen molar-refractivity contribution in [1.29, 1.82) is 0 Å². The normalized spacial score (nSPS) is 23.7. The van der Waals surface area contributed by atoms with Crippen molar-refractivity contribution in [3.8, 4) is 0 Å². The smallest absolute Gasteiger partial charge is 0.224 e. The molecule has 1 aromatic carbocycles. The molecule has 1 aliphatic carbocycles. The number of alkyl halides is 1. The summed E-state index contributed by atoms with van der Waals surface area (Å²) in [5.41, 5.74) is 0.843. The molecule has 1 amide bonds. The van der Waals surface area contributed by atoms with Gasteiger partial charge in [-0.1, -0.05) is 40.9 Å². The summed E-state index contributed by atoms with van der Waals surface area (Å²) in [5.74, 6) is -0.259. The molecule has 1 aromatic rings. The first-order valence-electron chi connectivity index (χ1n) is 6.33. The van der Waals surface area contributed by atoms with Crippen molar-refractivity contribution < 1.29 is 9.18 Å². The minimum absolute atomic E-state index is 0.0120. The van der Waals surface area contributed by atoms with E-state index in [1.165, 1.54) is 25.0 Å². The molecule has 1 N–H and O–H groups in total. The van der Waals surface area contributed by atoms with E-state index in [2.05, 4.69) is 21.2 Å². The Morgan fingerprint density at radius 1 is 1.28 bits per heavy atom. The van der Waals surface area contributed by atoms with Crippen LogP contribution in [0.5, 0.6) is 0 Å². The van der Waals surface area contributed by atoms with Crippen LogP contribution in [0.2, 0.25) is 0 Å². The number of amides is 1. The van der Waals surface area contributed by atoms with Gasteiger partial charge in [0.1, 0.15) is 5.82 Å². The van der Waals surface area contributed by atoms with Crippen molar-refractivity contribution in [3.05, 3.63) is 35.6 Å². The highest BCUT2D eigenvalue weighted by Crippen LogP contribution is 2.24. The molecule has 1 saturated carbocycles. The van der Waals surface area contributed by atoms with E-state index in [-0.39, 0.29) is 17.8 Å². The third kappa shape index (κ3) is 3.80. The van der Waals surface area contributed by atoms with E-state index in [1.54, 1.807) is 12.1 Å². The number of hydrogen-bond acceptors (Lipinski definition) is 1. The number of benzene rings is 1. The molecule has 98 valence electrons. The minimum Gasteiger partial charge on any atom is -0.352 e. The van der Waals surface area contributed by atoms with Gasteiger partial charge in [0, 0.05) is 10.9 Å². The number of carbonyl (C=O) groups excluding carboxylic acids is 1. The van der Waals surface area contributed by atoms with Gasteiger partial charge in [0.25, 0.3) is 0 Å². The maximum absolute atomic E-state index is 12.7. The number of rotatable bonds is 3. The van der Waals surface area contributed by atoms with E-state index in [4.69, 9.17) is 0 Å². The Hall–Kier alpha value is -0.900. The van der Waals surface area contributed by atoms with Crippen molar-refractivity contribution in [2.45, 2.75) is 43.0 Å². The van der Waals surface area contributed by atoms with Crippen LogP contribution in [0.15, 0.2) is 24.3 Å². The van der Waals surface area contributed by atoms with Gasteiger partial charge in [-0.3, -0.25) is 4.79 Å². The lowest BCUT2D eigenvalue weighted by Crippen LogP contribution is -2.43. The van der Waals surface area contributed by atoms with Gasteiger partial charge in [0.2, 0.25) is 5.91 Å². The highest BCUT2D eigenvalue weighted by molar-refractivity contribution is 9.09. The average Bonchev–Trinajstić information content (AvgIpc) is 2.35.